The largest absolute Gasteiger partial charge is 0.468 e. The molecule has 0 aromatic heterocycles. The number of methoxy groups -OCH3 is 1. The van der Waals surface area contributed by atoms with Gasteiger partial charge in [-0.05, 0) is 32.7 Å². The summed E-state index contributed by atoms with van der Waals surface area (Å²) in [6.45, 7) is 0.576. The number of carbonyl (C=O) groups excluding carboxylic acids is 1. The van der Waals surface area contributed by atoms with Crippen LogP contribution < -0.4 is 5.32 Å². The number of halogens is 3. The average molecular weight is 269 g/mol. The zero-order chi connectivity index (χ0) is 14.0. The number of carbonyl (C=O) groups is 1. The third-order valence-corrected chi connectivity index (χ3v) is 3.29. The molecule has 1 fully saturated rings. The van der Waals surface area contributed by atoms with Gasteiger partial charge in [-0.1, -0.05) is 0 Å². The van der Waals surface area contributed by atoms with Crippen LogP contribution in [-0.4, -0.2) is 44.6 Å². The van der Waals surface area contributed by atoms with Crippen LogP contribution in [0.3, 0.4) is 0 Å². The van der Waals surface area contributed by atoms with E-state index in [1.165, 1.54) is 14.2 Å². The Morgan fingerprint density at radius 2 is 2.00 bits per heavy atom. The molecule has 106 valence electrons. The Morgan fingerprint density at radius 1 is 1.44 bits per heavy atom. The van der Waals surface area contributed by atoms with Crippen molar-refractivity contribution in [2.24, 2.45) is 5.92 Å². The van der Waals surface area contributed by atoms with Gasteiger partial charge in [-0.2, -0.15) is 13.2 Å². The van der Waals surface area contributed by atoms with E-state index in [0.717, 1.165) is 19.8 Å². The van der Waals surface area contributed by atoms with Gasteiger partial charge in [0, 0.05) is 0 Å². The number of ether oxygens (including phenoxy) is 2. The van der Waals surface area contributed by atoms with Crippen LogP contribution in [0.15, 0.2) is 0 Å². The van der Waals surface area contributed by atoms with Crippen molar-refractivity contribution < 1.29 is 27.4 Å². The third kappa shape index (κ3) is 3.14. The Kier molecular flexibility index (Phi) is 4.61. The molecular weight excluding hydrogens is 251 g/mol. The SMILES string of the molecule is CNC(COC(C)C(F)(F)F)(C(=O)OC)C1CC1. The van der Waals surface area contributed by atoms with Gasteiger partial charge in [0.2, 0.25) is 0 Å². The summed E-state index contributed by atoms with van der Waals surface area (Å²) < 4.78 is 46.6. The van der Waals surface area contributed by atoms with E-state index in [9.17, 15) is 18.0 Å². The fourth-order valence-corrected chi connectivity index (χ4v) is 1.83. The zero-order valence-electron chi connectivity index (χ0n) is 10.6. The van der Waals surface area contributed by atoms with E-state index in [-0.39, 0.29) is 12.5 Å². The molecular formula is C11H18F3NO3. The Bertz CT molecular complexity index is 304. The van der Waals surface area contributed by atoms with Gasteiger partial charge in [0.05, 0.1) is 13.7 Å². The van der Waals surface area contributed by atoms with Crippen molar-refractivity contribution in [3.8, 4) is 0 Å². The van der Waals surface area contributed by atoms with Crippen LogP contribution in [0.2, 0.25) is 0 Å². The first-order valence-electron chi connectivity index (χ1n) is 5.73. The van der Waals surface area contributed by atoms with Crippen molar-refractivity contribution in [2.45, 2.75) is 37.6 Å². The van der Waals surface area contributed by atoms with Gasteiger partial charge in [0.15, 0.2) is 6.10 Å². The Morgan fingerprint density at radius 3 is 2.33 bits per heavy atom. The van der Waals surface area contributed by atoms with E-state index in [1.807, 2.05) is 0 Å². The maximum absolute atomic E-state index is 12.4. The molecule has 1 aliphatic rings. The first-order chi connectivity index (χ1) is 8.28. The molecule has 1 aliphatic carbocycles. The minimum absolute atomic E-state index is 0.0321. The van der Waals surface area contributed by atoms with Crippen molar-refractivity contribution >= 4 is 5.97 Å². The Labute approximate surface area is 104 Å². The molecule has 2 atom stereocenters. The normalized spacial score (nSPS) is 21.2. The molecule has 0 bridgehead atoms. The summed E-state index contributed by atoms with van der Waals surface area (Å²) in [5.41, 5.74) is -1.17. The van der Waals surface area contributed by atoms with Crippen LogP contribution in [0.1, 0.15) is 19.8 Å². The van der Waals surface area contributed by atoms with E-state index in [1.54, 1.807) is 0 Å². The first-order valence-corrected chi connectivity index (χ1v) is 5.73. The van der Waals surface area contributed by atoms with E-state index >= 15 is 0 Å². The second-order valence-corrected chi connectivity index (χ2v) is 4.48. The number of hydrogen-bond donors (Lipinski definition) is 1. The minimum atomic E-state index is -4.43. The Hall–Kier alpha value is -0.820. The summed E-state index contributed by atoms with van der Waals surface area (Å²) in [5, 5.41) is 2.77. The topological polar surface area (TPSA) is 47.6 Å². The van der Waals surface area contributed by atoms with E-state index < -0.39 is 23.8 Å². The number of rotatable bonds is 6. The van der Waals surface area contributed by atoms with Gasteiger partial charge in [-0.15, -0.1) is 0 Å². The van der Waals surface area contributed by atoms with E-state index in [2.05, 4.69) is 10.1 Å². The molecule has 0 amide bonds. The standard InChI is InChI=1S/C11H18F3NO3/c1-7(11(12,13)14)18-6-10(15-2,8-4-5-8)9(16)17-3/h7-8,15H,4-6H2,1-3H3. The number of likely N-dealkylation sites (N-methyl/N-ethyl adjacent to an activating group) is 1. The molecule has 4 nitrogen and oxygen atoms in total. The van der Waals surface area contributed by atoms with Crippen LogP contribution in [0.5, 0.6) is 0 Å². The molecule has 0 heterocycles. The average Bonchev–Trinajstić information content (AvgIpc) is 3.12. The molecule has 0 radical (unpaired) electrons. The maximum Gasteiger partial charge on any atom is 0.414 e. The molecule has 0 aromatic carbocycles. The van der Waals surface area contributed by atoms with Crippen LogP contribution in [0.25, 0.3) is 0 Å². The first kappa shape index (κ1) is 15.2. The molecule has 2 unspecified atom stereocenters. The summed E-state index contributed by atoms with van der Waals surface area (Å²) in [6, 6.07) is 0. The molecule has 1 rings (SSSR count). The van der Waals surface area contributed by atoms with Gasteiger partial charge in [0.1, 0.15) is 5.54 Å². The quantitative estimate of drug-likeness (QED) is 0.742. The van der Waals surface area contributed by atoms with Crippen molar-refractivity contribution in [3.63, 3.8) is 0 Å². The highest BCUT2D eigenvalue weighted by Crippen LogP contribution is 2.41. The lowest BCUT2D eigenvalue weighted by atomic mass is 9.94. The molecule has 1 N–H and O–H groups in total. The van der Waals surface area contributed by atoms with Crippen molar-refractivity contribution in [3.05, 3.63) is 0 Å². The maximum atomic E-state index is 12.4. The summed E-state index contributed by atoms with van der Waals surface area (Å²) in [4.78, 5) is 11.8. The van der Waals surface area contributed by atoms with Crippen LogP contribution in [0, 0.1) is 5.92 Å². The smallest absolute Gasteiger partial charge is 0.414 e. The van der Waals surface area contributed by atoms with Crippen LogP contribution >= 0.6 is 0 Å². The van der Waals surface area contributed by atoms with Crippen molar-refractivity contribution in [1.82, 2.24) is 5.32 Å². The van der Waals surface area contributed by atoms with Crippen molar-refractivity contribution in [1.29, 1.82) is 0 Å². The van der Waals surface area contributed by atoms with Crippen LogP contribution in [-0.2, 0) is 14.3 Å². The molecule has 0 aliphatic heterocycles. The van der Waals surface area contributed by atoms with E-state index in [0.29, 0.717) is 0 Å². The highest BCUT2D eigenvalue weighted by molar-refractivity contribution is 5.82. The lowest BCUT2D eigenvalue weighted by Crippen LogP contribution is -2.57. The Balaban J connectivity index is 2.71. The molecule has 7 heteroatoms. The summed E-state index contributed by atoms with van der Waals surface area (Å²) in [7, 11) is 2.74. The van der Waals surface area contributed by atoms with Gasteiger partial charge in [-0.25, -0.2) is 4.79 Å². The van der Waals surface area contributed by atoms with E-state index in [4.69, 9.17) is 4.74 Å². The van der Waals surface area contributed by atoms with Gasteiger partial charge >= 0.3 is 12.1 Å². The van der Waals surface area contributed by atoms with Crippen LogP contribution in [0.4, 0.5) is 13.2 Å². The number of esters is 1. The fourth-order valence-electron chi connectivity index (χ4n) is 1.83. The second-order valence-electron chi connectivity index (χ2n) is 4.48. The lowest BCUT2D eigenvalue weighted by Gasteiger charge is -2.32. The summed E-state index contributed by atoms with van der Waals surface area (Å²) >= 11 is 0. The van der Waals surface area contributed by atoms with Gasteiger partial charge in [0.25, 0.3) is 0 Å². The molecule has 0 aromatic rings. The molecule has 0 saturated heterocycles. The van der Waals surface area contributed by atoms with Gasteiger partial charge in [-0.3, -0.25) is 0 Å². The minimum Gasteiger partial charge on any atom is -0.468 e. The lowest BCUT2D eigenvalue weighted by molar-refractivity contribution is -0.220. The summed E-state index contributed by atoms with van der Waals surface area (Å²) in [6.07, 6.45) is -4.79. The molecule has 1 saturated carbocycles. The number of alkyl halides is 3. The molecule has 0 spiro atoms. The highest BCUT2D eigenvalue weighted by Gasteiger charge is 2.52. The zero-order valence-corrected chi connectivity index (χ0v) is 10.6. The predicted octanol–water partition coefficient (Wildman–Crippen LogP) is 1.49. The predicted molar refractivity (Wildman–Crippen MR) is 58.0 cm³/mol. The monoisotopic (exact) mass is 269 g/mol. The van der Waals surface area contributed by atoms with Crippen molar-refractivity contribution in [2.75, 3.05) is 20.8 Å². The molecule has 18 heavy (non-hydrogen) atoms. The van der Waals surface area contributed by atoms with Gasteiger partial charge < -0.3 is 14.8 Å². The highest BCUT2D eigenvalue weighted by atomic mass is 19.4. The third-order valence-electron chi connectivity index (χ3n) is 3.29. The summed E-state index contributed by atoms with van der Waals surface area (Å²) in [5.74, 6) is -0.614. The fraction of sp³-hybridized carbons (Fsp3) is 0.909. The number of hydrogen-bond acceptors (Lipinski definition) is 4. The second kappa shape index (κ2) is 5.44. The number of nitrogens with one attached hydrogen (secondary N) is 1.